The molecule has 0 saturated heterocycles. The summed E-state index contributed by atoms with van der Waals surface area (Å²) in [7, 11) is 3.96. The molecule has 0 spiro atoms. The van der Waals surface area contributed by atoms with Crippen molar-refractivity contribution in [1.82, 2.24) is 10.2 Å². The van der Waals surface area contributed by atoms with Crippen molar-refractivity contribution in [2.45, 2.75) is 6.42 Å². The fraction of sp³-hybridized carbons (Fsp3) is 0.263. The van der Waals surface area contributed by atoms with Crippen LogP contribution in [-0.4, -0.2) is 44.0 Å². The molecule has 0 unspecified atom stereocenters. The Bertz CT molecular complexity index is 812. The number of nitrogens with zero attached hydrogens (tertiary/aromatic N) is 1. The van der Waals surface area contributed by atoms with Gasteiger partial charge < -0.3 is 20.9 Å². The monoisotopic (exact) mass is 408 g/mol. The van der Waals surface area contributed by atoms with Crippen LogP contribution in [0.5, 0.6) is 0 Å². The molecule has 3 amide bonds. The Morgan fingerprint density at radius 3 is 2.44 bits per heavy atom. The van der Waals surface area contributed by atoms with Gasteiger partial charge in [-0.3, -0.25) is 4.79 Å². The number of hydrogen-bond donors (Lipinski definition) is 3. The highest BCUT2D eigenvalue weighted by atomic mass is 35.5. The fourth-order valence-corrected chi connectivity index (χ4v) is 2.64. The third-order valence-corrected chi connectivity index (χ3v) is 4.40. The number of benzene rings is 2. The number of para-hydroxylation sites is 1. The molecule has 2 rings (SSSR count). The van der Waals surface area contributed by atoms with Crippen LogP contribution in [0.25, 0.3) is 0 Å². The van der Waals surface area contributed by atoms with Crippen LogP contribution in [0.2, 0.25) is 10.0 Å². The average Bonchev–Trinajstić information content (AvgIpc) is 2.62. The zero-order chi connectivity index (χ0) is 19.8. The number of hydrogen-bond acceptors (Lipinski definition) is 3. The lowest BCUT2D eigenvalue weighted by molar-refractivity contribution is 0.0953. The molecule has 0 fully saturated rings. The number of carbonyl (C=O) groups excluding carboxylic acids is 2. The maximum atomic E-state index is 12.4. The molecule has 0 aromatic heterocycles. The van der Waals surface area contributed by atoms with Crippen LogP contribution >= 0.6 is 23.2 Å². The van der Waals surface area contributed by atoms with Crippen molar-refractivity contribution in [1.29, 1.82) is 0 Å². The van der Waals surface area contributed by atoms with Crippen molar-refractivity contribution in [2.24, 2.45) is 0 Å². The lowest BCUT2D eigenvalue weighted by Gasteiger charge is -2.13. The molecule has 6 nitrogen and oxygen atoms in total. The smallest absolute Gasteiger partial charge is 0.323 e. The van der Waals surface area contributed by atoms with Gasteiger partial charge in [-0.1, -0.05) is 35.3 Å². The van der Waals surface area contributed by atoms with Crippen LogP contribution in [0.15, 0.2) is 42.5 Å². The minimum absolute atomic E-state index is 0.237. The first-order chi connectivity index (χ1) is 12.9. The van der Waals surface area contributed by atoms with E-state index < -0.39 is 6.03 Å². The third kappa shape index (κ3) is 6.75. The minimum atomic E-state index is -0.485. The fourth-order valence-electron chi connectivity index (χ4n) is 2.34. The highest BCUT2D eigenvalue weighted by Gasteiger charge is 2.13. The molecule has 8 heteroatoms. The van der Waals surface area contributed by atoms with E-state index in [9.17, 15) is 9.59 Å². The Balaban J connectivity index is 1.98. The molecule has 2 aromatic carbocycles. The van der Waals surface area contributed by atoms with Crippen LogP contribution in [0, 0.1) is 0 Å². The summed E-state index contributed by atoms with van der Waals surface area (Å²) < 4.78 is 0. The first-order valence-electron chi connectivity index (χ1n) is 8.42. The maximum Gasteiger partial charge on any atom is 0.323 e. The summed E-state index contributed by atoms with van der Waals surface area (Å²) >= 11 is 11.8. The van der Waals surface area contributed by atoms with E-state index >= 15 is 0 Å². The maximum absolute atomic E-state index is 12.4. The van der Waals surface area contributed by atoms with Gasteiger partial charge in [0.2, 0.25) is 0 Å². The Morgan fingerprint density at radius 2 is 1.74 bits per heavy atom. The van der Waals surface area contributed by atoms with Crippen molar-refractivity contribution in [3.63, 3.8) is 0 Å². The molecule has 0 radical (unpaired) electrons. The van der Waals surface area contributed by atoms with E-state index in [0.29, 0.717) is 33.5 Å². The zero-order valence-electron chi connectivity index (χ0n) is 15.2. The van der Waals surface area contributed by atoms with E-state index in [2.05, 4.69) is 20.9 Å². The Morgan fingerprint density at radius 1 is 1.00 bits per heavy atom. The molecule has 0 bridgehead atoms. The highest BCUT2D eigenvalue weighted by molar-refractivity contribution is 6.42. The number of nitrogens with one attached hydrogen (secondary N) is 3. The first kappa shape index (κ1) is 21.0. The van der Waals surface area contributed by atoms with E-state index in [-0.39, 0.29) is 5.91 Å². The van der Waals surface area contributed by atoms with Gasteiger partial charge in [0.05, 0.1) is 21.3 Å². The van der Waals surface area contributed by atoms with Gasteiger partial charge in [0.25, 0.3) is 5.91 Å². The van der Waals surface area contributed by atoms with E-state index in [4.69, 9.17) is 23.2 Å². The lowest BCUT2D eigenvalue weighted by Crippen LogP contribution is -2.28. The molecule has 0 aliphatic rings. The summed E-state index contributed by atoms with van der Waals surface area (Å²) in [5, 5.41) is 8.95. The standard InChI is InChI=1S/C19H22Cl2N4O2/c1-25(2)11-5-10-22-18(26)14-6-3-4-7-17(14)24-19(27)23-13-8-9-15(20)16(21)12-13/h3-4,6-9,12H,5,10-11H2,1-2H3,(H,22,26)(H2,23,24,27). The quantitative estimate of drug-likeness (QED) is 0.597. The number of amides is 3. The molecule has 0 atom stereocenters. The van der Waals surface area contributed by atoms with Gasteiger partial charge in [0, 0.05) is 12.2 Å². The zero-order valence-corrected chi connectivity index (χ0v) is 16.7. The Kier molecular flexibility index (Phi) is 7.91. The summed E-state index contributed by atoms with van der Waals surface area (Å²) in [6, 6.07) is 11.1. The Labute approximate surface area is 168 Å². The lowest BCUT2D eigenvalue weighted by atomic mass is 10.1. The van der Waals surface area contributed by atoms with Crippen molar-refractivity contribution in [3.05, 3.63) is 58.1 Å². The molecular formula is C19H22Cl2N4O2. The predicted octanol–water partition coefficient (Wildman–Crippen LogP) is 4.32. The summed E-state index contributed by atoms with van der Waals surface area (Å²) in [4.78, 5) is 26.7. The van der Waals surface area contributed by atoms with Crippen LogP contribution in [-0.2, 0) is 0 Å². The van der Waals surface area contributed by atoms with Gasteiger partial charge in [0.15, 0.2) is 0 Å². The van der Waals surface area contributed by atoms with Gasteiger partial charge in [0.1, 0.15) is 0 Å². The normalized spacial score (nSPS) is 10.6. The van der Waals surface area contributed by atoms with Crippen LogP contribution in [0.4, 0.5) is 16.2 Å². The molecule has 144 valence electrons. The van der Waals surface area contributed by atoms with Crippen LogP contribution in [0.3, 0.4) is 0 Å². The first-order valence-corrected chi connectivity index (χ1v) is 9.17. The van der Waals surface area contributed by atoms with Gasteiger partial charge in [-0.15, -0.1) is 0 Å². The van der Waals surface area contributed by atoms with Crippen molar-refractivity contribution < 1.29 is 9.59 Å². The third-order valence-electron chi connectivity index (χ3n) is 3.67. The van der Waals surface area contributed by atoms with Crippen molar-refractivity contribution >= 4 is 46.5 Å². The molecule has 0 aliphatic heterocycles. The van der Waals surface area contributed by atoms with E-state index in [1.807, 2.05) is 14.1 Å². The van der Waals surface area contributed by atoms with Crippen LogP contribution < -0.4 is 16.0 Å². The molecular weight excluding hydrogens is 387 g/mol. The minimum Gasteiger partial charge on any atom is -0.352 e. The predicted molar refractivity (Wildman–Crippen MR) is 111 cm³/mol. The summed E-state index contributed by atoms with van der Waals surface area (Å²) in [5.41, 5.74) is 1.30. The van der Waals surface area contributed by atoms with Crippen molar-refractivity contribution in [2.75, 3.05) is 37.8 Å². The number of anilines is 2. The summed E-state index contributed by atoms with van der Waals surface area (Å²) in [6.07, 6.45) is 0.839. The molecule has 27 heavy (non-hydrogen) atoms. The van der Waals surface area contributed by atoms with Crippen molar-refractivity contribution in [3.8, 4) is 0 Å². The molecule has 2 aromatic rings. The van der Waals surface area contributed by atoms with E-state index in [1.165, 1.54) is 0 Å². The summed E-state index contributed by atoms with van der Waals surface area (Å²) in [5.74, 6) is -0.237. The number of rotatable bonds is 7. The average molecular weight is 409 g/mol. The second kappa shape index (κ2) is 10.2. The van der Waals surface area contributed by atoms with Gasteiger partial charge >= 0.3 is 6.03 Å². The molecule has 0 heterocycles. The van der Waals surface area contributed by atoms with Gasteiger partial charge in [-0.2, -0.15) is 0 Å². The number of halogens is 2. The van der Waals surface area contributed by atoms with E-state index in [0.717, 1.165) is 13.0 Å². The Hall–Kier alpha value is -2.28. The van der Waals surface area contributed by atoms with E-state index in [1.54, 1.807) is 42.5 Å². The molecule has 0 saturated carbocycles. The van der Waals surface area contributed by atoms with Crippen LogP contribution in [0.1, 0.15) is 16.8 Å². The van der Waals surface area contributed by atoms with Gasteiger partial charge in [-0.05, 0) is 57.4 Å². The molecule has 3 N–H and O–H groups in total. The summed E-state index contributed by atoms with van der Waals surface area (Å²) in [6.45, 7) is 1.44. The topological polar surface area (TPSA) is 73.5 Å². The largest absolute Gasteiger partial charge is 0.352 e. The number of urea groups is 1. The molecule has 0 aliphatic carbocycles. The van der Waals surface area contributed by atoms with Gasteiger partial charge in [-0.25, -0.2) is 4.79 Å². The second-order valence-electron chi connectivity index (χ2n) is 6.17. The highest BCUT2D eigenvalue weighted by Crippen LogP contribution is 2.25. The second-order valence-corrected chi connectivity index (χ2v) is 6.98. The number of carbonyl (C=O) groups is 2. The SMILES string of the molecule is CN(C)CCCNC(=O)c1ccccc1NC(=O)Nc1ccc(Cl)c(Cl)c1.